The average Bonchev–Trinajstić information content (AvgIpc) is 2.86. The zero-order valence-electron chi connectivity index (χ0n) is 22.0. The third-order valence-corrected chi connectivity index (χ3v) is 7.36. The maximum atomic E-state index is 13.3. The Hall–Kier alpha value is -3.97. The van der Waals surface area contributed by atoms with Gasteiger partial charge in [0.15, 0.2) is 15.1 Å². The van der Waals surface area contributed by atoms with E-state index in [2.05, 4.69) is 5.32 Å². The fourth-order valence-corrected chi connectivity index (χ4v) is 4.76. The molecular formula is C26H34N4O8S. The van der Waals surface area contributed by atoms with Crippen molar-refractivity contribution in [3.05, 3.63) is 60.2 Å². The molecule has 2 atom stereocenters. The Morgan fingerprint density at radius 1 is 1.00 bits per heavy atom. The number of sulfone groups is 1. The Morgan fingerprint density at radius 2 is 1.62 bits per heavy atom. The van der Waals surface area contributed by atoms with Crippen molar-refractivity contribution in [3.8, 4) is 5.75 Å². The molecule has 12 nitrogen and oxygen atoms in total. The number of nitrogens with two attached hydrogens (primary N) is 2. The van der Waals surface area contributed by atoms with Gasteiger partial charge in [0.1, 0.15) is 17.8 Å². The second-order valence-corrected chi connectivity index (χ2v) is 11.6. The summed E-state index contributed by atoms with van der Waals surface area (Å²) in [6.07, 6.45) is -1.47. The molecule has 0 aliphatic heterocycles. The Bertz CT molecular complexity index is 1260. The Morgan fingerprint density at radius 3 is 2.18 bits per heavy atom. The minimum atomic E-state index is -4.40. The van der Waals surface area contributed by atoms with Crippen LogP contribution in [0.25, 0.3) is 0 Å². The summed E-state index contributed by atoms with van der Waals surface area (Å²) in [6, 6.07) is 13.6. The van der Waals surface area contributed by atoms with Gasteiger partial charge in [-0.2, -0.15) is 0 Å². The van der Waals surface area contributed by atoms with Crippen LogP contribution in [-0.4, -0.2) is 56.9 Å². The highest BCUT2D eigenvalue weighted by Crippen LogP contribution is 2.20. The van der Waals surface area contributed by atoms with Crippen LogP contribution in [0.1, 0.15) is 39.2 Å². The number of carbonyl (C=O) groups is 3. The number of esters is 2. The van der Waals surface area contributed by atoms with E-state index in [9.17, 15) is 22.8 Å². The predicted molar refractivity (Wildman–Crippen MR) is 142 cm³/mol. The van der Waals surface area contributed by atoms with Crippen LogP contribution >= 0.6 is 0 Å². The van der Waals surface area contributed by atoms with Gasteiger partial charge in [-0.05, 0) is 63.6 Å². The van der Waals surface area contributed by atoms with Crippen LogP contribution in [0.15, 0.2) is 59.5 Å². The second-order valence-electron chi connectivity index (χ2n) is 9.53. The molecule has 2 unspecified atom stereocenters. The van der Waals surface area contributed by atoms with Gasteiger partial charge in [0.05, 0.1) is 16.9 Å². The highest BCUT2D eigenvalue weighted by Gasteiger charge is 2.41. The quantitative estimate of drug-likeness (QED) is 0.0910. The fraction of sp³-hybridized carbons (Fsp3) is 0.385. The Balaban J connectivity index is 2.01. The molecule has 0 spiro atoms. The van der Waals surface area contributed by atoms with E-state index in [1.165, 1.54) is 24.3 Å². The van der Waals surface area contributed by atoms with Gasteiger partial charge in [0.25, 0.3) is 0 Å². The molecule has 39 heavy (non-hydrogen) atoms. The number of hydrogen-bond donors (Lipinski definition) is 4. The van der Waals surface area contributed by atoms with Crippen LogP contribution in [0, 0.1) is 10.8 Å². The number of amidine groups is 1. The topological polar surface area (TPSA) is 201 Å². The predicted octanol–water partition coefficient (Wildman–Crippen LogP) is 1.46. The van der Waals surface area contributed by atoms with E-state index >= 15 is 0 Å². The molecule has 2 aromatic rings. The van der Waals surface area contributed by atoms with Crippen molar-refractivity contribution in [2.24, 2.45) is 16.9 Å². The summed E-state index contributed by atoms with van der Waals surface area (Å²) in [5.74, 6) is -2.12. The Labute approximate surface area is 227 Å². The molecule has 13 heteroatoms. The van der Waals surface area contributed by atoms with E-state index in [0.717, 1.165) is 0 Å². The molecule has 0 heterocycles. The number of hydrogen-bond acceptors (Lipinski definition) is 10. The monoisotopic (exact) mass is 562 g/mol. The zero-order chi connectivity index (χ0) is 29.2. The van der Waals surface area contributed by atoms with Gasteiger partial charge in [0.2, 0.25) is 12.7 Å². The lowest BCUT2D eigenvalue weighted by Gasteiger charge is -2.24. The first-order chi connectivity index (χ1) is 18.2. The number of nitrogen functional groups attached to an aromatic ring is 1. The molecule has 6 N–H and O–H groups in total. The molecule has 2 aromatic carbocycles. The molecule has 0 saturated heterocycles. The minimum Gasteiger partial charge on any atom is -0.494 e. The summed E-state index contributed by atoms with van der Waals surface area (Å²) in [6.45, 7) is 4.14. The van der Waals surface area contributed by atoms with E-state index in [-0.39, 0.29) is 30.2 Å². The fourth-order valence-electron chi connectivity index (χ4n) is 3.15. The third kappa shape index (κ3) is 9.37. The molecule has 0 radical (unpaired) electrons. The van der Waals surface area contributed by atoms with E-state index < -0.39 is 51.3 Å². The molecule has 0 fully saturated rings. The van der Waals surface area contributed by atoms with Crippen LogP contribution in [0.2, 0.25) is 0 Å². The number of ether oxygens (including phenoxy) is 3. The van der Waals surface area contributed by atoms with Crippen molar-refractivity contribution in [1.82, 2.24) is 5.32 Å². The Kier molecular flexibility index (Phi) is 11.0. The van der Waals surface area contributed by atoms with Gasteiger partial charge in [-0.3, -0.25) is 19.8 Å². The van der Waals surface area contributed by atoms with Crippen LogP contribution in [0.4, 0.5) is 0 Å². The van der Waals surface area contributed by atoms with Crippen LogP contribution in [-0.2, 0) is 33.7 Å². The maximum absolute atomic E-state index is 13.3. The van der Waals surface area contributed by atoms with Crippen molar-refractivity contribution in [2.45, 2.75) is 49.9 Å². The normalized spacial score (nSPS) is 13.0. The standard InChI is InChI=1S/C26H34N4O8S/c1-26(2,3)25(33)38-16-37-24(32)21(39(34,35)19-8-5-4-6-9-19)23(29)30-20(31)10-7-15-36-18-13-11-17(12-14-18)22(27)28/h4-6,8-9,11-14,21,23H,7,10,15-16,29H2,1-3H3,(H3,27,28)(H,30,31). The van der Waals surface area contributed by atoms with Gasteiger partial charge < -0.3 is 31.0 Å². The lowest BCUT2D eigenvalue weighted by molar-refractivity contribution is -0.173. The minimum absolute atomic E-state index is 0.0723. The van der Waals surface area contributed by atoms with E-state index in [1.807, 2.05) is 0 Å². The first kappa shape index (κ1) is 31.2. The molecule has 0 aromatic heterocycles. The maximum Gasteiger partial charge on any atom is 0.331 e. The van der Waals surface area contributed by atoms with Gasteiger partial charge >= 0.3 is 11.9 Å². The lowest BCUT2D eigenvalue weighted by atomic mass is 9.98. The van der Waals surface area contributed by atoms with Gasteiger partial charge in [-0.1, -0.05) is 18.2 Å². The number of carbonyl (C=O) groups excluding carboxylic acids is 3. The lowest BCUT2D eigenvalue weighted by Crippen LogP contribution is -2.56. The van der Waals surface area contributed by atoms with E-state index in [4.69, 9.17) is 31.1 Å². The van der Waals surface area contributed by atoms with Crippen molar-refractivity contribution in [3.63, 3.8) is 0 Å². The number of rotatable bonds is 13. The third-order valence-electron chi connectivity index (χ3n) is 5.28. The average molecular weight is 563 g/mol. The summed E-state index contributed by atoms with van der Waals surface area (Å²) in [7, 11) is -4.40. The van der Waals surface area contributed by atoms with Crippen LogP contribution in [0.3, 0.4) is 0 Å². The SMILES string of the molecule is CC(C)(C)C(=O)OCOC(=O)C(C(N)NC(=O)CCCOc1ccc(C(=N)N)cc1)S(=O)(=O)c1ccccc1. The molecule has 0 bridgehead atoms. The van der Waals surface area contributed by atoms with Crippen molar-refractivity contribution >= 4 is 33.5 Å². The highest BCUT2D eigenvalue weighted by atomic mass is 32.2. The molecule has 212 valence electrons. The van der Waals surface area contributed by atoms with Crippen LogP contribution in [0.5, 0.6) is 5.75 Å². The second kappa shape index (κ2) is 13.7. The summed E-state index contributed by atoms with van der Waals surface area (Å²) in [5, 5.41) is 7.72. The zero-order valence-corrected chi connectivity index (χ0v) is 22.8. The summed E-state index contributed by atoms with van der Waals surface area (Å²) in [5.41, 5.74) is 11.1. The number of amides is 1. The smallest absolute Gasteiger partial charge is 0.331 e. The molecular weight excluding hydrogens is 528 g/mol. The largest absolute Gasteiger partial charge is 0.494 e. The summed E-state index contributed by atoms with van der Waals surface area (Å²) >= 11 is 0. The molecule has 1 amide bonds. The number of benzene rings is 2. The number of nitrogens with one attached hydrogen (secondary N) is 2. The molecule has 0 aliphatic carbocycles. The van der Waals surface area contributed by atoms with Crippen LogP contribution < -0.4 is 21.5 Å². The molecule has 0 aliphatic rings. The van der Waals surface area contributed by atoms with Crippen molar-refractivity contribution in [1.29, 1.82) is 5.41 Å². The highest BCUT2D eigenvalue weighted by molar-refractivity contribution is 7.92. The van der Waals surface area contributed by atoms with E-state index in [1.54, 1.807) is 51.1 Å². The molecule has 0 saturated carbocycles. The summed E-state index contributed by atoms with van der Waals surface area (Å²) in [4.78, 5) is 37.1. The first-order valence-corrected chi connectivity index (χ1v) is 13.5. The summed E-state index contributed by atoms with van der Waals surface area (Å²) < 4.78 is 41.9. The van der Waals surface area contributed by atoms with Gasteiger partial charge in [0, 0.05) is 12.0 Å². The van der Waals surface area contributed by atoms with Crippen molar-refractivity contribution in [2.75, 3.05) is 13.4 Å². The van der Waals surface area contributed by atoms with Crippen molar-refractivity contribution < 1.29 is 37.0 Å². The van der Waals surface area contributed by atoms with E-state index in [0.29, 0.717) is 11.3 Å². The van der Waals surface area contributed by atoms with Gasteiger partial charge in [-0.15, -0.1) is 0 Å². The van der Waals surface area contributed by atoms with Gasteiger partial charge in [-0.25, -0.2) is 8.42 Å². The first-order valence-electron chi connectivity index (χ1n) is 12.0. The molecule has 2 rings (SSSR count).